The zero-order valence-electron chi connectivity index (χ0n) is 12.8. The van der Waals surface area contributed by atoms with E-state index in [4.69, 9.17) is 16.3 Å². The molecule has 0 saturated carbocycles. The molecule has 1 N–H and O–H groups in total. The molecule has 23 heavy (non-hydrogen) atoms. The largest absolute Gasteiger partial charge is 0.484 e. The second-order valence-electron chi connectivity index (χ2n) is 4.86. The highest BCUT2D eigenvalue weighted by molar-refractivity contribution is 6.30. The molecular weight excluding hydrogens is 318 g/mol. The van der Waals surface area contributed by atoms with Gasteiger partial charge in [0.25, 0.3) is 11.5 Å². The van der Waals surface area contributed by atoms with E-state index in [1.807, 2.05) is 6.92 Å². The maximum Gasteiger partial charge on any atom is 0.258 e. The summed E-state index contributed by atoms with van der Waals surface area (Å²) in [6.45, 7) is 2.54. The molecule has 2 rings (SSSR count). The summed E-state index contributed by atoms with van der Waals surface area (Å²) >= 11 is 5.77. The predicted molar refractivity (Wildman–Crippen MR) is 87.8 cm³/mol. The molecule has 1 amide bonds. The van der Waals surface area contributed by atoms with Crippen LogP contribution in [0.1, 0.15) is 12.6 Å². The average molecular weight is 336 g/mol. The van der Waals surface area contributed by atoms with Gasteiger partial charge in [-0.3, -0.25) is 14.2 Å². The van der Waals surface area contributed by atoms with Crippen LogP contribution in [0, 0.1) is 0 Å². The van der Waals surface area contributed by atoms with Crippen LogP contribution < -0.4 is 15.6 Å². The summed E-state index contributed by atoms with van der Waals surface area (Å²) in [6.07, 6.45) is 2.21. The topological polar surface area (TPSA) is 73.2 Å². The van der Waals surface area contributed by atoms with Crippen LogP contribution in [-0.4, -0.2) is 28.6 Å². The Bertz CT molecular complexity index is 713. The van der Waals surface area contributed by atoms with E-state index < -0.39 is 0 Å². The zero-order chi connectivity index (χ0) is 16.7. The number of aryl methyl sites for hydroxylation is 1. The van der Waals surface area contributed by atoms with E-state index in [1.165, 1.54) is 17.0 Å². The van der Waals surface area contributed by atoms with E-state index in [0.717, 1.165) is 12.1 Å². The van der Waals surface area contributed by atoms with Gasteiger partial charge in [0.05, 0.1) is 6.33 Å². The number of carbonyl (C=O) groups excluding carboxylic acids is 1. The molecule has 122 valence electrons. The average Bonchev–Trinajstić information content (AvgIpc) is 2.55. The summed E-state index contributed by atoms with van der Waals surface area (Å²) in [5, 5.41) is 3.30. The fraction of sp³-hybridized carbons (Fsp3) is 0.312. The Hall–Kier alpha value is -2.34. The first-order valence-corrected chi connectivity index (χ1v) is 7.66. The number of hydrogen-bond acceptors (Lipinski definition) is 4. The predicted octanol–water partition coefficient (Wildman–Crippen LogP) is 1.65. The molecule has 0 bridgehead atoms. The van der Waals surface area contributed by atoms with E-state index in [2.05, 4.69) is 10.3 Å². The van der Waals surface area contributed by atoms with E-state index in [1.54, 1.807) is 24.3 Å². The van der Waals surface area contributed by atoms with Gasteiger partial charge in [0.1, 0.15) is 5.75 Å². The summed E-state index contributed by atoms with van der Waals surface area (Å²) in [6, 6.07) is 8.26. The number of benzene rings is 1. The van der Waals surface area contributed by atoms with Gasteiger partial charge in [0.15, 0.2) is 6.61 Å². The van der Waals surface area contributed by atoms with Crippen molar-refractivity contribution in [2.75, 3.05) is 13.2 Å². The molecule has 6 nitrogen and oxygen atoms in total. The van der Waals surface area contributed by atoms with Crippen LogP contribution in [0.25, 0.3) is 0 Å². The summed E-state index contributed by atoms with van der Waals surface area (Å²) in [4.78, 5) is 27.6. The minimum Gasteiger partial charge on any atom is -0.484 e. The van der Waals surface area contributed by atoms with Gasteiger partial charge in [-0.2, -0.15) is 0 Å². The maximum atomic E-state index is 11.8. The summed E-state index contributed by atoms with van der Waals surface area (Å²) in [5.74, 6) is 0.311. The summed E-state index contributed by atoms with van der Waals surface area (Å²) in [5.41, 5.74) is 0.634. The number of nitrogens with one attached hydrogen (secondary N) is 1. The molecule has 0 aliphatic heterocycles. The molecule has 0 unspecified atom stereocenters. The molecule has 2 aromatic rings. The standard InChI is InChI=1S/C16H18ClN3O3/c1-2-13-9-16(22)20(11-19-13)8-7-18-15(21)10-23-14-5-3-12(17)4-6-14/h3-6,9,11H,2,7-8,10H2,1H3,(H,18,21). The minimum absolute atomic E-state index is 0.0937. The molecule has 0 atom stereocenters. The lowest BCUT2D eigenvalue weighted by molar-refractivity contribution is -0.123. The Balaban J connectivity index is 1.74. The fourth-order valence-corrected chi connectivity index (χ4v) is 2.00. The first-order chi connectivity index (χ1) is 11.1. The molecule has 0 spiro atoms. The van der Waals surface area contributed by atoms with Crippen molar-refractivity contribution in [2.24, 2.45) is 0 Å². The van der Waals surface area contributed by atoms with Crippen molar-refractivity contribution in [3.05, 3.63) is 57.7 Å². The number of halogens is 1. The molecule has 7 heteroatoms. The van der Waals surface area contributed by atoms with Gasteiger partial charge in [-0.25, -0.2) is 4.98 Å². The third kappa shape index (κ3) is 5.41. The van der Waals surface area contributed by atoms with Gasteiger partial charge in [0, 0.05) is 29.9 Å². The Morgan fingerprint density at radius 3 is 2.74 bits per heavy atom. The van der Waals surface area contributed by atoms with Crippen LogP contribution in [-0.2, 0) is 17.8 Å². The van der Waals surface area contributed by atoms with Crippen molar-refractivity contribution in [3.63, 3.8) is 0 Å². The van der Waals surface area contributed by atoms with Gasteiger partial charge in [-0.15, -0.1) is 0 Å². The molecule has 0 aliphatic carbocycles. The Kier molecular flexibility index (Phi) is 6.17. The van der Waals surface area contributed by atoms with Gasteiger partial charge in [0.2, 0.25) is 0 Å². The van der Waals surface area contributed by atoms with Gasteiger partial charge >= 0.3 is 0 Å². The molecule has 0 aliphatic rings. The smallest absolute Gasteiger partial charge is 0.258 e. The minimum atomic E-state index is -0.258. The van der Waals surface area contributed by atoms with Crippen molar-refractivity contribution in [1.29, 1.82) is 0 Å². The highest BCUT2D eigenvalue weighted by Crippen LogP contribution is 2.15. The lowest BCUT2D eigenvalue weighted by Crippen LogP contribution is -2.33. The van der Waals surface area contributed by atoms with Crippen molar-refractivity contribution >= 4 is 17.5 Å². The highest BCUT2D eigenvalue weighted by atomic mass is 35.5. The highest BCUT2D eigenvalue weighted by Gasteiger charge is 2.04. The lowest BCUT2D eigenvalue weighted by Gasteiger charge is -2.09. The number of amides is 1. The number of carbonyl (C=O) groups is 1. The zero-order valence-corrected chi connectivity index (χ0v) is 13.5. The number of nitrogens with zero attached hydrogens (tertiary/aromatic N) is 2. The molecular formula is C16H18ClN3O3. The Morgan fingerprint density at radius 1 is 1.35 bits per heavy atom. The third-order valence-corrected chi connectivity index (χ3v) is 3.41. The molecule has 0 radical (unpaired) electrons. The normalized spacial score (nSPS) is 10.3. The quantitative estimate of drug-likeness (QED) is 0.835. The van der Waals surface area contributed by atoms with E-state index in [9.17, 15) is 9.59 Å². The van der Waals surface area contributed by atoms with Crippen molar-refractivity contribution in [2.45, 2.75) is 19.9 Å². The van der Waals surface area contributed by atoms with Crippen LogP contribution in [0.5, 0.6) is 5.75 Å². The molecule has 0 fully saturated rings. The maximum absolute atomic E-state index is 11.8. The third-order valence-electron chi connectivity index (χ3n) is 3.16. The Labute approximate surface area is 139 Å². The van der Waals surface area contributed by atoms with Crippen molar-refractivity contribution in [3.8, 4) is 5.75 Å². The molecule has 1 heterocycles. The first-order valence-electron chi connectivity index (χ1n) is 7.29. The molecule has 1 aromatic carbocycles. The van der Waals surface area contributed by atoms with Gasteiger partial charge in [-0.05, 0) is 30.7 Å². The fourth-order valence-electron chi connectivity index (χ4n) is 1.87. The van der Waals surface area contributed by atoms with Crippen LogP contribution >= 0.6 is 11.6 Å². The van der Waals surface area contributed by atoms with E-state index >= 15 is 0 Å². The van der Waals surface area contributed by atoms with Gasteiger partial charge < -0.3 is 10.1 Å². The number of aromatic nitrogens is 2. The first kappa shape index (κ1) is 17.0. The van der Waals surface area contributed by atoms with Crippen molar-refractivity contribution < 1.29 is 9.53 Å². The second kappa shape index (κ2) is 8.33. The molecule has 0 saturated heterocycles. The monoisotopic (exact) mass is 335 g/mol. The summed E-state index contributed by atoms with van der Waals surface area (Å²) < 4.78 is 6.79. The Morgan fingerprint density at radius 2 is 2.09 bits per heavy atom. The van der Waals surface area contributed by atoms with Crippen LogP contribution in [0.2, 0.25) is 5.02 Å². The number of ether oxygens (including phenoxy) is 1. The van der Waals surface area contributed by atoms with Gasteiger partial charge in [-0.1, -0.05) is 18.5 Å². The van der Waals surface area contributed by atoms with Crippen LogP contribution in [0.15, 0.2) is 41.5 Å². The SMILES string of the molecule is CCc1cc(=O)n(CCNC(=O)COc2ccc(Cl)cc2)cn1. The number of rotatable bonds is 7. The van der Waals surface area contributed by atoms with Crippen LogP contribution in [0.4, 0.5) is 0 Å². The summed E-state index contributed by atoms with van der Waals surface area (Å²) in [7, 11) is 0. The lowest BCUT2D eigenvalue weighted by atomic mass is 10.3. The second-order valence-corrected chi connectivity index (χ2v) is 5.29. The molecule has 1 aromatic heterocycles. The van der Waals surface area contributed by atoms with Crippen LogP contribution in [0.3, 0.4) is 0 Å². The van der Waals surface area contributed by atoms with E-state index in [0.29, 0.717) is 23.9 Å². The van der Waals surface area contributed by atoms with E-state index in [-0.39, 0.29) is 18.1 Å². The number of hydrogen-bond donors (Lipinski definition) is 1. The van der Waals surface area contributed by atoms with Crippen molar-refractivity contribution in [1.82, 2.24) is 14.9 Å².